The smallest absolute Gasteiger partial charge is 0.254 e. The van der Waals surface area contributed by atoms with Crippen molar-refractivity contribution in [1.82, 2.24) is 9.88 Å². The van der Waals surface area contributed by atoms with Crippen molar-refractivity contribution < 1.29 is 4.79 Å². The average molecular weight is 271 g/mol. The van der Waals surface area contributed by atoms with E-state index < -0.39 is 0 Å². The summed E-state index contributed by atoms with van der Waals surface area (Å²) in [6, 6.07) is 8.03. The molecule has 0 saturated carbocycles. The van der Waals surface area contributed by atoms with E-state index in [0.717, 1.165) is 42.4 Å². The molecule has 106 valence electrons. The predicted molar refractivity (Wildman–Crippen MR) is 80.6 cm³/mol. The molecule has 0 radical (unpaired) electrons. The molecule has 3 rings (SSSR count). The van der Waals surface area contributed by atoms with E-state index in [1.54, 1.807) is 0 Å². The summed E-state index contributed by atoms with van der Waals surface area (Å²) in [5, 5.41) is 1.01. The van der Waals surface area contributed by atoms with Crippen molar-refractivity contribution in [2.24, 2.45) is 11.7 Å². The van der Waals surface area contributed by atoms with Crippen molar-refractivity contribution in [1.29, 1.82) is 0 Å². The second kappa shape index (κ2) is 5.29. The summed E-state index contributed by atoms with van der Waals surface area (Å²) in [6.07, 6.45) is 3.89. The van der Waals surface area contributed by atoms with Crippen molar-refractivity contribution in [3.05, 3.63) is 36.0 Å². The molecule has 0 aliphatic carbocycles. The summed E-state index contributed by atoms with van der Waals surface area (Å²) in [5.41, 5.74) is 7.76. The Morgan fingerprint density at radius 1 is 1.35 bits per heavy atom. The Balaban J connectivity index is 1.78. The molecule has 1 fully saturated rings. The Hall–Kier alpha value is -1.81. The Kier molecular flexibility index (Phi) is 3.49. The topological polar surface area (TPSA) is 62.1 Å². The standard InChI is InChI=1S/C16H21N3O/c1-11(17)12-6-9-19(10-7-12)16(20)14-3-2-4-15-13(14)5-8-18-15/h2-5,8,11-12,18H,6-7,9-10,17H2,1H3. The summed E-state index contributed by atoms with van der Waals surface area (Å²) in [4.78, 5) is 17.8. The Labute approximate surface area is 118 Å². The van der Waals surface area contributed by atoms with Crippen molar-refractivity contribution in [2.45, 2.75) is 25.8 Å². The maximum Gasteiger partial charge on any atom is 0.254 e. The van der Waals surface area contributed by atoms with Crippen LogP contribution in [0.3, 0.4) is 0 Å². The van der Waals surface area contributed by atoms with Gasteiger partial charge in [-0.05, 0) is 43.9 Å². The van der Waals surface area contributed by atoms with Crippen molar-refractivity contribution in [3.8, 4) is 0 Å². The van der Waals surface area contributed by atoms with E-state index in [1.807, 2.05) is 35.4 Å². The number of benzene rings is 1. The second-order valence-corrected chi connectivity index (χ2v) is 5.73. The van der Waals surface area contributed by atoms with Crippen LogP contribution >= 0.6 is 0 Å². The number of carbonyl (C=O) groups excluding carboxylic acids is 1. The number of likely N-dealkylation sites (tertiary alicyclic amines) is 1. The minimum atomic E-state index is 0.137. The molecule has 1 unspecified atom stereocenters. The summed E-state index contributed by atoms with van der Waals surface area (Å²) < 4.78 is 0. The number of piperidine rings is 1. The third kappa shape index (κ3) is 2.31. The third-order valence-corrected chi connectivity index (χ3v) is 4.40. The van der Waals surface area contributed by atoms with Gasteiger partial charge >= 0.3 is 0 Å². The fourth-order valence-corrected chi connectivity index (χ4v) is 3.07. The van der Waals surface area contributed by atoms with Gasteiger partial charge in [-0.3, -0.25) is 4.79 Å². The maximum atomic E-state index is 12.7. The van der Waals surface area contributed by atoms with Gasteiger partial charge in [-0.15, -0.1) is 0 Å². The zero-order valence-corrected chi connectivity index (χ0v) is 11.8. The Bertz CT molecular complexity index is 609. The molecule has 1 amide bonds. The van der Waals surface area contributed by atoms with Crippen molar-refractivity contribution in [3.63, 3.8) is 0 Å². The lowest BCUT2D eigenvalue weighted by molar-refractivity contribution is 0.0683. The molecule has 1 saturated heterocycles. The van der Waals surface area contributed by atoms with Gasteiger partial charge in [-0.25, -0.2) is 0 Å². The van der Waals surface area contributed by atoms with Crippen LogP contribution in [0.5, 0.6) is 0 Å². The molecule has 0 spiro atoms. The highest BCUT2D eigenvalue weighted by atomic mass is 16.2. The first kappa shape index (κ1) is 13.2. The summed E-state index contributed by atoms with van der Waals surface area (Å²) in [7, 11) is 0. The largest absolute Gasteiger partial charge is 0.361 e. The SMILES string of the molecule is CC(N)C1CCN(C(=O)c2cccc3[nH]ccc23)CC1. The molecule has 4 nitrogen and oxygen atoms in total. The Morgan fingerprint density at radius 2 is 2.10 bits per heavy atom. The lowest BCUT2D eigenvalue weighted by Crippen LogP contribution is -2.42. The molecule has 1 aliphatic heterocycles. The highest BCUT2D eigenvalue weighted by Crippen LogP contribution is 2.24. The second-order valence-electron chi connectivity index (χ2n) is 5.73. The van der Waals surface area contributed by atoms with Gasteiger partial charge in [0.15, 0.2) is 0 Å². The van der Waals surface area contributed by atoms with Crippen molar-refractivity contribution in [2.75, 3.05) is 13.1 Å². The number of nitrogens with one attached hydrogen (secondary N) is 1. The van der Waals surface area contributed by atoms with E-state index in [1.165, 1.54) is 0 Å². The first-order valence-electron chi connectivity index (χ1n) is 7.28. The molecular formula is C16H21N3O. The highest BCUT2D eigenvalue weighted by molar-refractivity contribution is 6.06. The fraction of sp³-hybridized carbons (Fsp3) is 0.438. The van der Waals surface area contributed by atoms with Gasteiger partial charge in [0.25, 0.3) is 5.91 Å². The third-order valence-electron chi connectivity index (χ3n) is 4.40. The number of aromatic nitrogens is 1. The van der Waals surface area contributed by atoms with Crippen LogP contribution in [0.1, 0.15) is 30.1 Å². The number of hydrogen-bond donors (Lipinski definition) is 2. The van der Waals surface area contributed by atoms with Gasteiger partial charge in [0.1, 0.15) is 0 Å². The molecule has 2 aromatic rings. The quantitative estimate of drug-likeness (QED) is 0.881. The molecule has 0 bridgehead atoms. The number of H-pyrrole nitrogens is 1. The van der Waals surface area contributed by atoms with Gasteiger partial charge in [0.05, 0.1) is 0 Å². The van der Waals surface area contributed by atoms with Gasteiger partial charge < -0.3 is 15.6 Å². The first-order valence-corrected chi connectivity index (χ1v) is 7.28. The van der Waals surface area contributed by atoms with Crippen LogP contribution in [0.15, 0.2) is 30.5 Å². The fourth-order valence-electron chi connectivity index (χ4n) is 3.07. The molecule has 1 aromatic carbocycles. The molecule has 1 aliphatic rings. The number of fused-ring (bicyclic) bond motifs is 1. The van der Waals surface area contributed by atoms with Gasteiger partial charge in [-0.2, -0.15) is 0 Å². The lowest BCUT2D eigenvalue weighted by atomic mass is 9.90. The van der Waals surface area contributed by atoms with Gasteiger partial charge in [-0.1, -0.05) is 6.07 Å². The highest BCUT2D eigenvalue weighted by Gasteiger charge is 2.26. The molecule has 20 heavy (non-hydrogen) atoms. The molecule has 1 atom stereocenters. The van der Waals surface area contributed by atoms with E-state index in [0.29, 0.717) is 5.92 Å². The Morgan fingerprint density at radius 3 is 2.80 bits per heavy atom. The molecule has 2 heterocycles. The van der Waals surface area contributed by atoms with E-state index in [4.69, 9.17) is 5.73 Å². The average Bonchev–Trinajstić information content (AvgIpc) is 2.95. The number of hydrogen-bond acceptors (Lipinski definition) is 2. The number of carbonyl (C=O) groups is 1. The van der Waals surface area contributed by atoms with Crippen molar-refractivity contribution >= 4 is 16.8 Å². The first-order chi connectivity index (χ1) is 9.66. The predicted octanol–water partition coefficient (Wildman–Crippen LogP) is 2.37. The van der Waals surface area contributed by atoms with Crippen LogP contribution in [-0.4, -0.2) is 34.9 Å². The molecular weight excluding hydrogens is 250 g/mol. The summed E-state index contributed by atoms with van der Waals surface area (Å²) >= 11 is 0. The van der Waals surface area contributed by atoms with Crippen LogP contribution in [0.25, 0.3) is 10.9 Å². The van der Waals surface area contributed by atoms with Crippen LogP contribution in [0.4, 0.5) is 0 Å². The molecule has 1 aromatic heterocycles. The number of aromatic amines is 1. The number of nitrogens with zero attached hydrogens (tertiary/aromatic N) is 1. The number of amides is 1. The summed E-state index contributed by atoms with van der Waals surface area (Å²) in [6.45, 7) is 3.68. The zero-order valence-electron chi connectivity index (χ0n) is 11.8. The number of nitrogens with two attached hydrogens (primary N) is 1. The van der Waals surface area contributed by atoms with Crippen LogP contribution in [0, 0.1) is 5.92 Å². The number of rotatable bonds is 2. The summed E-state index contributed by atoms with van der Waals surface area (Å²) in [5.74, 6) is 0.681. The van der Waals surface area contributed by atoms with E-state index in [9.17, 15) is 4.79 Å². The minimum Gasteiger partial charge on any atom is -0.361 e. The zero-order chi connectivity index (χ0) is 14.1. The van der Waals surface area contributed by atoms with Gasteiger partial charge in [0, 0.05) is 41.8 Å². The normalized spacial score (nSPS) is 18.4. The lowest BCUT2D eigenvalue weighted by Gasteiger charge is -2.33. The monoisotopic (exact) mass is 271 g/mol. The molecule has 4 heteroatoms. The van der Waals surface area contributed by atoms with E-state index >= 15 is 0 Å². The van der Waals surface area contributed by atoms with Crippen LogP contribution in [-0.2, 0) is 0 Å². The molecule has 3 N–H and O–H groups in total. The van der Waals surface area contributed by atoms with E-state index in [-0.39, 0.29) is 11.9 Å². The van der Waals surface area contributed by atoms with Crippen LogP contribution < -0.4 is 5.73 Å². The maximum absolute atomic E-state index is 12.7. The minimum absolute atomic E-state index is 0.137. The van der Waals surface area contributed by atoms with E-state index in [2.05, 4.69) is 11.9 Å². The van der Waals surface area contributed by atoms with Gasteiger partial charge in [0.2, 0.25) is 0 Å². The van der Waals surface area contributed by atoms with Crippen LogP contribution in [0.2, 0.25) is 0 Å².